The van der Waals surface area contributed by atoms with Crippen LogP contribution < -0.4 is 11.1 Å². The Morgan fingerprint density at radius 2 is 2.38 bits per heavy atom. The summed E-state index contributed by atoms with van der Waals surface area (Å²) in [6.45, 7) is 1.85. The molecule has 1 aromatic rings. The molecule has 0 bridgehead atoms. The van der Waals surface area contributed by atoms with E-state index in [0.29, 0.717) is 6.04 Å². The zero-order chi connectivity index (χ0) is 11.2. The Bertz CT molecular complexity index is 325. The minimum atomic E-state index is 0.461. The number of hydrogen-bond donors (Lipinski definition) is 2. The molecule has 0 fully saturated rings. The van der Waals surface area contributed by atoms with E-state index in [1.165, 1.54) is 30.5 Å². The lowest BCUT2D eigenvalue weighted by Gasteiger charge is -2.25. The van der Waals surface area contributed by atoms with Gasteiger partial charge in [-0.2, -0.15) is 0 Å². The molecule has 1 heterocycles. The molecule has 0 unspecified atom stereocenters. The summed E-state index contributed by atoms with van der Waals surface area (Å²) < 4.78 is 0. The predicted molar refractivity (Wildman–Crippen MR) is 66.2 cm³/mol. The van der Waals surface area contributed by atoms with E-state index in [1.807, 2.05) is 12.3 Å². The standard InChI is InChI=1S/C13H21N3/c14-8-1-2-9-15-12-7-3-5-11-6-4-10-16-13(11)12/h4,6,10,12,15H,1-3,5,7-9,14H2/t12-/m1/s1. The summed E-state index contributed by atoms with van der Waals surface area (Å²) in [5.41, 5.74) is 8.17. The van der Waals surface area contributed by atoms with E-state index in [-0.39, 0.29) is 0 Å². The highest BCUT2D eigenvalue weighted by atomic mass is 14.9. The summed E-state index contributed by atoms with van der Waals surface area (Å²) in [7, 11) is 0. The first kappa shape index (κ1) is 11.6. The molecule has 0 radical (unpaired) electrons. The number of fused-ring (bicyclic) bond motifs is 1. The van der Waals surface area contributed by atoms with Gasteiger partial charge in [-0.05, 0) is 56.8 Å². The number of rotatable bonds is 5. The van der Waals surface area contributed by atoms with Crippen LogP contribution in [0.15, 0.2) is 18.3 Å². The summed E-state index contributed by atoms with van der Waals surface area (Å²) in [5.74, 6) is 0. The first-order valence-electron chi connectivity index (χ1n) is 6.29. The van der Waals surface area contributed by atoms with Crippen molar-refractivity contribution in [3.8, 4) is 0 Å². The Morgan fingerprint density at radius 3 is 3.25 bits per heavy atom. The van der Waals surface area contributed by atoms with Crippen LogP contribution in [-0.4, -0.2) is 18.1 Å². The van der Waals surface area contributed by atoms with Gasteiger partial charge in [0.05, 0.1) is 5.69 Å². The highest BCUT2D eigenvalue weighted by Gasteiger charge is 2.19. The molecule has 0 saturated carbocycles. The third-order valence-electron chi connectivity index (χ3n) is 3.22. The number of aryl methyl sites for hydroxylation is 1. The van der Waals surface area contributed by atoms with Crippen LogP contribution in [0.5, 0.6) is 0 Å². The van der Waals surface area contributed by atoms with Gasteiger partial charge in [-0.25, -0.2) is 0 Å². The van der Waals surface area contributed by atoms with E-state index in [4.69, 9.17) is 5.73 Å². The van der Waals surface area contributed by atoms with E-state index in [2.05, 4.69) is 16.4 Å². The van der Waals surface area contributed by atoms with Crippen LogP contribution in [0.25, 0.3) is 0 Å². The van der Waals surface area contributed by atoms with Gasteiger partial charge in [-0.1, -0.05) is 6.07 Å². The van der Waals surface area contributed by atoms with Crippen LogP contribution in [0.2, 0.25) is 0 Å². The van der Waals surface area contributed by atoms with Gasteiger partial charge < -0.3 is 11.1 Å². The van der Waals surface area contributed by atoms with Crippen molar-refractivity contribution < 1.29 is 0 Å². The van der Waals surface area contributed by atoms with Gasteiger partial charge in [0.15, 0.2) is 0 Å². The van der Waals surface area contributed by atoms with Gasteiger partial charge in [0.25, 0.3) is 0 Å². The van der Waals surface area contributed by atoms with Crippen LogP contribution in [-0.2, 0) is 6.42 Å². The molecule has 0 saturated heterocycles. The Labute approximate surface area is 97.5 Å². The molecule has 1 aromatic heterocycles. The molecule has 3 N–H and O–H groups in total. The average Bonchev–Trinajstić information content (AvgIpc) is 2.35. The van der Waals surface area contributed by atoms with Gasteiger partial charge in [0.1, 0.15) is 0 Å². The van der Waals surface area contributed by atoms with Crippen molar-refractivity contribution in [2.24, 2.45) is 5.73 Å². The number of unbranched alkanes of at least 4 members (excludes halogenated alkanes) is 1. The topological polar surface area (TPSA) is 50.9 Å². The van der Waals surface area contributed by atoms with Crippen LogP contribution in [0.3, 0.4) is 0 Å². The van der Waals surface area contributed by atoms with Crippen molar-refractivity contribution >= 4 is 0 Å². The highest BCUT2D eigenvalue weighted by molar-refractivity contribution is 5.25. The molecule has 3 nitrogen and oxygen atoms in total. The molecular formula is C13H21N3. The van der Waals surface area contributed by atoms with Gasteiger partial charge >= 0.3 is 0 Å². The fraction of sp³-hybridized carbons (Fsp3) is 0.615. The largest absolute Gasteiger partial charge is 0.330 e. The van der Waals surface area contributed by atoms with Crippen LogP contribution in [0, 0.1) is 0 Å². The molecule has 3 heteroatoms. The molecule has 1 aliphatic rings. The van der Waals surface area contributed by atoms with Crippen LogP contribution in [0.4, 0.5) is 0 Å². The molecule has 0 spiro atoms. The second-order valence-electron chi connectivity index (χ2n) is 4.44. The maximum absolute atomic E-state index is 5.48. The second kappa shape index (κ2) is 5.97. The maximum atomic E-state index is 5.48. The third-order valence-corrected chi connectivity index (χ3v) is 3.22. The second-order valence-corrected chi connectivity index (χ2v) is 4.44. The predicted octanol–water partition coefficient (Wildman–Crippen LogP) is 1.79. The van der Waals surface area contributed by atoms with E-state index in [9.17, 15) is 0 Å². The zero-order valence-corrected chi connectivity index (χ0v) is 9.78. The van der Waals surface area contributed by atoms with Crippen LogP contribution >= 0.6 is 0 Å². The Kier molecular flexibility index (Phi) is 4.31. The smallest absolute Gasteiger partial charge is 0.0605 e. The third kappa shape index (κ3) is 2.80. The van der Waals surface area contributed by atoms with Crippen molar-refractivity contribution in [2.45, 2.75) is 38.1 Å². The number of nitrogens with one attached hydrogen (secondary N) is 1. The average molecular weight is 219 g/mol. The number of nitrogens with two attached hydrogens (primary N) is 1. The van der Waals surface area contributed by atoms with Gasteiger partial charge in [-0.15, -0.1) is 0 Å². The van der Waals surface area contributed by atoms with Crippen molar-refractivity contribution in [3.63, 3.8) is 0 Å². The minimum absolute atomic E-state index is 0.461. The van der Waals surface area contributed by atoms with E-state index in [0.717, 1.165) is 25.9 Å². The minimum Gasteiger partial charge on any atom is -0.330 e. The van der Waals surface area contributed by atoms with Gasteiger partial charge in [0.2, 0.25) is 0 Å². The Morgan fingerprint density at radius 1 is 1.44 bits per heavy atom. The fourth-order valence-electron chi connectivity index (χ4n) is 2.35. The number of hydrogen-bond acceptors (Lipinski definition) is 3. The lowest BCUT2D eigenvalue weighted by atomic mass is 9.92. The maximum Gasteiger partial charge on any atom is 0.0605 e. The summed E-state index contributed by atoms with van der Waals surface area (Å²) >= 11 is 0. The summed E-state index contributed by atoms with van der Waals surface area (Å²) in [6.07, 6.45) is 7.84. The molecule has 0 aromatic carbocycles. The Hall–Kier alpha value is -0.930. The van der Waals surface area contributed by atoms with E-state index < -0.39 is 0 Å². The van der Waals surface area contributed by atoms with E-state index in [1.54, 1.807) is 0 Å². The fourth-order valence-corrected chi connectivity index (χ4v) is 2.35. The number of pyridine rings is 1. The molecule has 1 atom stereocenters. The molecular weight excluding hydrogens is 198 g/mol. The molecule has 0 aliphatic heterocycles. The van der Waals surface area contributed by atoms with Crippen molar-refractivity contribution in [3.05, 3.63) is 29.6 Å². The molecule has 88 valence electrons. The summed E-state index contributed by atoms with van der Waals surface area (Å²) in [4.78, 5) is 4.51. The molecule has 16 heavy (non-hydrogen) atoms. The van der Waals surface area contributed by atoms with Crippen molar-refractivity contribution in [1.29, 1.82) is 0 Å². The van der Waals surface area contributed by atoms with Gasteiger partial charge in [-0.3, -0.25) is 4.98 Å². The lowest BCUT2D eigenvalue weighted by molar-refractivity contribution is 0.442. The molecule has 0 amide bonds. The Balaban J connectivity index is 1.91. The lowest BCUT2D eigenvalue weighted by Crippen LogP contribution is -2.27. The zero-order valence-electron chi connectivity index (χ0n) is 9.78. The monoisotopic (exact) mass is 219 g/mol. The summed E-state index contributed by atoms with van der Waals surface area (Å²) in [6, 6.07) is 4.70. The van der Waals surface area contributed by atoms with Crippen molar-refractivity contribution in [1.82, 2.24) is 10.3 Å². The van der Waals surface area contributed by atoms with E-state index >= 15 is 0 Å². The first-order valence-corrected chi connectivity index (χ1v) is 6.29. The first-order chi connectivity index (χ1) is 7.92. The SMILES string of the molecule is NCCCCN[C@@H]1CCCc2cccnc21. The quantitative estimate of drug-likeness (QED) is 0.742. The normalized spacial score (nSPS) is 19.4. The van der Waals surface area contributed by atoms with Gasteiger partial charge in [0, 0.05) is 12.2 Å². The highest BCUT2D eigenvalue weighted by Crippen LogP contribution is 2.27. The number of nitrogens with zero attached hydrogens (tertiary/aromatic N) is 1. The summed E-state index contributed by atoms with van der Waals surface area (Å²) in [5, 5.41) is 3.59. The van der Waals surface area contributed by atoms with Crippen molar-refractivity contribution in [2.75, 3.05) is 13.1 Å². The van der Waals surface area contributed by atoms with Crippen LogP contribution in [0.1, 0.15) is 43.0 Å². The number of aromatic nitrogens is 1. The molecule has 2 rings (SSSR count). The molecule has 1 aliphatic carbocycles.